The fourth-order valence-electron chi connectivity index (χ4n) is 5.61. The zero-order valence-electron chi connectivity index (χ0n) is 21.7. The molecule has 9 nitrogen and oxygen atoms in total. The first-order valence-electron chi connectivity index (χ1n) is 13.1. The van der Waals surface area contributed by atoms with Crippen LogP contribution in [0.3, 0.4) is 0 Å². The molecule has 1 N–H and O–H groups in total. The number of hydrogen-bond acceptors (Lipinski definition) is 7. The molecule has 5 heterocycles. The van der Waals surface area contributed by atoms with Crippen molar-refractivity contribution in [1.29, 1.82) is 0 Å². The average molecular weight is 580 g/mol. The molecule has 10 heteroatoms. The summed E-state index contributed by atoms with van der Waals surface area (Å²) in [5.74, 6) is 1.87. The van der Waals surface area contributed by atoms with Gasteiger partial charge in [-0.05, 0) is 10.8 Å². The zero-order valence-corrected chi connectivity index (χ0v) is 23.1. The molecule has 0 atom stereocenters. The van der Waals surface area contributed by atoms with Crippen LogP contribution in [-0.4, -0.2) is 39.8 Å². The SMILES string of the molecule is On1c2nc3nc(nc4[n-]c(nc5nc(nc1c1ccccc12)-c1ccccc1-5)c1ccccc41)-c1ccccc1-3.[V]. The molecule has 7 aromatic rings. The van der Waals surface area contributed by atoms with Crippen LogP contribution in [0, 0.1) is 0 Å². The molecule has 42 heavy (non-hydrogen) atoms. The van der Waals surface area contributed by atoms with Gasteiger partial charge in [0.05, 0.1) is 11.6 Å². The minimum absolute atomic E-state index is 0. The van der Waals surface area contributed by atoms with Crippen LogP contribution in [0.1, 0.15) is 0 Å². The van der Waals surface area contributed by atoms with Crippen molar-refractivity contribution in [2.24, 2.45) is 0 Å². The van der Waals surface area contributed by atoms with Gasteiger partial charge in [0.1, 0.15) is 0 Å². The Hall–Kier alpha value is -5.38. The molecular formula is C32H17N8OV-. The van der Waals surface area contributed by atoms with Gasteiger partial charge in [0, 0.05) is 62.9 Å². The molecule has 0 amide bonds. The van der Waals surface area contributed by atoms with Crippen molar-refractivity contribution in [3.8, 4) is 45.6 Å². The molecule has 0 spiro atoms. The summed E-state index contributed by atoms with van der Waals surface area (Å²) in [7, 11) is 0. The molecule has 0 aliphatic carbocycles. The van der Waals surface area contributed by atoms with E-state index in [4.69, 9.17) is 34.9 Å². The van der Waals surface area contributed by atoms with E-state index in [0.717, 1.165) is 48.5 Å². The summed E-state index contributed by atoms with van der Waals surface area (Å²) in [6, 6.07) is 31.1. The second kappa shape index (κ2) is 9.07. The normalized spacial score (nSPS) is 11.7. The Morgan fingerprint density at radius 2 is 0.762 bits per heavy atom. The molecule has 0 fully saturated rings. The summed E-state index contributed by atoms with van der Waals surface area (Å²) < 4.78 is 1.01. The van der Waals surface area contributed by atoms with Crippen molar-refractivity contribution >= 4 is 44.1 Å². The third-order valence-electron chi connectivity index (χ3n) is 7.52. The van der Waals surface area contributed by atoms with Crippen LogP contribution in [0.15, 0.2) is 97.1 Å². The Balaban J connectivity index is 0.00000267. The minimum atomic E-state index is 0. The third kappa shape index (κ3) is 3.44. The van der Waals surface area contributed by atoms with Crippen LogP contribution in [-0.2, 0) is 18.6 Å². The summed E-state index contributed by atoms with van der Waals surface area (Å²) in [6.45, 7) is 0. The van der Waals surface area contributed by atoms with Crippen LogP contribution in [0.25, 0.3) is 89.7 Å². The molecule has 4 aromatic carbocycles. The van der Waals surface area contributed by atoms with Crippen molar-refractivity contribution in [3.63, 3.8) is 0 Å². The Bertz CT molecular complexity index is 2250. The van der Waals surface area contributed by atoms with E-state index >= 15 is 0 Å². The van der Waals surface area contributed by atoms with Gasteiger partial charge in [-0.25, -0.2) is 19.9 Å². The summed E-state index contributed by atoms with van der Waals surface area (Å²) in [6.07, 6.45) is 0. The van der Waals surface area contributed by atoms with E-state index in [2.05, 4.69) is 0 Å². The van der Waals surface area contributed by atoms with Crippen molar-refractivity contribution in [1.82, 2.24) is 39.6 Å². The maximum atomic E-state index is 11.5. The van der Waals surface area contributed by atoms with E-state index in [0.29, 0.717) is 45.9 Å². The predicted octanol–water partition coefficient (Wildman–Crippen LogP) is 6.21. The average Bonchev–Trinajstić information content (AvgIpc) is 3.72. The molecule has 0 unspecified atom stereocenters. The quantitative estimate of drug-likeness (QED) is 0.211. The van der Waals surface area contributed by atoms with Gasteiger partial charge in [-0.1, -0.05) is 97.1 Å². The molecular weight excluding hydrogens is 563 g/mol. The van der Waals surface area contributed by atoms with Crippen LogP contribution in [0.5, 0.6) is 0 Å². The molecule has 0 saturated carbocycles. The van der Waals surface area contributed by atoms with Crippen molar-refractivity contribution in [2.45, 2.75) is 0 Å². The van der Waals surface area contributed by atoms with E-state index in [1.807, 2.05) is 97.1 Å². The van der Waals surface area contributed by atoms with E-state index in [9.17, 15) is 5.21 Å². The maximum Gasteiger partial charge on any atom is 0.180 e. The molecule has 2 aliphatic rings. The maximum absolute atomic E-state index is 11.5. The smallest absolute Gasteiger partial charge is 0.180 e. The molecule has 0 saturated heterocycles. The van der Waals surface area contributed by atoms with E-state index in [-0.39, 0.29) is 18.6 Å². The Labute approximate surface area is 249 Å². The van der Waals surface area contributed by atoms with Crippen LogP contribution < -0.4 is 4.98 Å². The topological polar surface area (TPSA) is 117 Å². The van der Waals surface area contributed by atoms with Crippen molar-refractivity contribution in [3.05, 3.63) is 97.1 Å². The Morgan fingerprint density at radius 1 is 0.429 bits per heavy atom. The van der Waals surface area contributed by atoms with Gasteiger partial charge in [-0.15, -0.1) is 4.73 Å². The van der Waals surface area contributed by atoms with Crippen LogP contribution in [0.4, 0.5) is 0 Å². The molecule has 9 rings (SSSR count). The van der Waals surface area contributed by atoms with Gasteiger partial charge in [-0.3, -0.25) is 0 Å². The number of aromatic nitrogens is 8. The number of hydrogen-bond donors (Lipinski definition) is 1. The molecule has 8 bridgehead atoms. The summed E-state index contributed by atoms with van der Waals surface area (Å²) in [5.41, 5.74) is 4.96. The third-order valence-corrected chi connectivity index (χ3v) is 7.52. The number of nitrogens with zero attached hydrogens (tertiary/aromatic N) is 8. The number of benzene rings is 4. The first-order valence-corrected chi connectivity index (χ1v) is 13.1. The minimum Gasteiger partial charge on any atom is -0.425 e. The monoisotopic (exact) mass is 580 g/mol. The van der Waals surface area contributed by atoms with Crippen molar-refractivity contribution in [2.75, 3.05) is 0 Å². The fourth-order valence-corrected chi connectivity index (χ4v) is 5.61. The molecule has 197 valence electrons. The zero-order chi connectivity index (χ0) is 27.1. The largest absolute Gasteiger partial charge is 0.425 e. The van der Waals surface area contributed by atoms with Gasteiger partial charge in [0.2, 0.25) is 0 Å². The molecule has 3 aromatic heterocycles. The first-order chi connectivity index (χ1) is 20.2. The first kappa shape index (κ1) is 24.4. The second-order valence-corrected chi connectivity index (χ2v) is 9.87. The fraction of sp³-hybridized carbons (Fsp3) is 0. The second-order valence-electron chi connectivity index (χ2n) is 9.87. The van der Waals surface area contributed by atoms with E-state index in [1.165, 1.54) is 0 Å². The Morgan fingerprint density at radius 3 is 1.17 bits per heavy atom. The van der Waals surface area contributed by atoms with Gasteiger partial charge < -0.3 is 20.2 Å². The molecule has 2 aliphatic heterocycles. The summed E-state index contributed by atoms with van der Waals surface area (Å²) in [4.78, 5) is 34.1. The van der Waals surface area contributed by atoms with Crippen LogP contribution in [0.2, 0.25) is 0 Å². The van der Waals surface area contributed by atoms with Crippen molar-refractivity contribution < 1.29 is 23.8 Å². The summed E-state index contributed by atoms with van der Waals surface area (Å²) >= 11 is 0. The van der Waals surface area contributed by atoms with Gasteiger partial charge in [0.25, 0.3) is 0 Å². The predicted molar refractivity (Wildman–Crippen MR) is 156 cm³/mol. The van der Waals surface area contributed by atoms with Gasteiger partial charge in [0.15, 0.2) is 22.9 Å². The van der Waals surface area contributed by atoms with Gasteiger partial charge >= 0.3 is 0 Å². The number of fused-ring (bicyclic) bond motifs is 20. The van der Waals surface area contributed by atoms with E-state index in [1.54, 1.807) is 0 Å². The van der Waals surface area contributed by atoms with Crippen LogP contribution >= 0.6 is 0 Å². The Kier molecular flexibility index (Phi) is 5.27. The standard InChI is InChI=1S/C32H17N8O.V/c41-40-31-23-15-7-8-16-24(23)32(40)39-30-22-14-6-4-12-20(22)28(37-30)35-26-18-10-2-1-9-17(18)25(33-26)34-27-19-11-3-5-13-21(19)29(36-27)38-31;/h1-16,41H;/q-1;. The number of rotatable bonds is 0. The molecule has 1 radical (unpaired) electrons. The van der Waals surface area contributed by atoms with E-state index < -0.39 is 0 Å². The van der Waals surface area contributed by atoms with Gasteiger partial charge in [-0.2, -0.15) is 0 Å². The summed E-state index contributed by atoms with van der Waals surface area (Å²) in [5, 5.41) is 14.7.